The van der Waals surface area contributed by atoms with Crippen molar-refractivity contribution in [2.45, 2.75) is 6.92 Å². The maximum atomic E-state index is 4.46. The van der Waals surface area contributed by atoms with Gasteiger partial charge in [-0.15, -0.1) is 0 Å². The van der Waals surface area contributed by atoms with Gasteiger partial charge in [0.1, 0.15) is 5.82 Å². The van der Waals surface area contributed by atoms with E-state index in [9.17, 15) is 0 Å². The zero-order valence-corrected chi connectivity index (χ0v) is 10.2. The average Bonchev–Trinajstić information content (AvgIpc) is 2.89. The Morgan fingerprint density at radius 2 is 1.78 bits per heavy atom. The third kappa shape index (κ3) is 1.93. The van der Waals surface area contributed by atoms with Crippen molar-refractivity contribution < 1.29 is 0 Å². The van der Waals surface area contributed by atoms with E-state index in [-0.39, 0.29) is 0 Å². The van der Waals surface area contributed by atoms with Gasteiger partial charge in [-0.3, -0.25) is 4.57 Å². The molecule has 0 amide bonds. The number of aryl methyl sites for hydroxylation is 1. The molecule has 0 saturated carbocycles. The molecule has 0 aliphatic carbocycles. The SMILES string of the molecule is Cc1cccc(-n2ccnc2-c2ccccc2)c1. The van der Waals surface area contributed by atoms with Crippen LogP contribution in [-0.2, 0) is 0 Å². The van der Waals surface area contributed by atoms with Crippen LogP contribution in [0.1, 0.15) is 5.56 Å². The first-order valence-corrected chi connectivity index (χ1v) is 6.00. The molecule has 88 valence electrons. The maximum Gasteiger partial charge on any atom is 0.144 e. The summed E-state index contributed by atoms with van der Waals surface area (Å²) in [6.45, 7) is 2.10. The molecule has 1 heterocycles. The lowest BCUT2D eigenvalue weighted by Crippen LogP contribution is -1.96. The third-order valence-corrected chi connectivity index (χ3v) is 2.95. The number of hydrogen-bond donors (Lipinski definition) is 0. The molecular formula is C16H14N2. The predicted octanol–water partition coefficient (Wildman–Crippen LogP) is 3.85. The molecule has 3 aromatic rings. The topological polar surface area (TPSA) is 17.8 Å². The van der Waals surface area contributed by atoms with Gasteiger partial charge in [-0.1, -0.05) is 42.5 Å². The minimum atomic E-state index is 0.973. The van der Waals surface area contributed by atoms with Crippen LogP contribution in [0.2, 0.25) is 0 Å². The summed E-state index contributed by atoms with van der Waals surface area (Å²) in [4.78, 5) is 4.46. The van der Waals surface area contributed by atoms with E-state index in [0.717, 1.165) is 17.1 Å². The first-order chi connectivity index (χ1) is 8.84. The molecule has 2 heteroatoms. The number of aromatic nitrogens is 2. The van der Waals surface area contributed by atoms with Crippen LogP contribution in [0, 0.1) is 6.92 Å². The van der Waals surface area contributed by atoms with E-state index in [1.165, 1.54) is 5.56 Å². The molecule has 0 atom stereocenters. The Morgan fingerprint density at radius 3 is 2.56 bits per heavy atom. The van der Waals surface area contributed by atoms with Crippen molar-refractivity contribution >= 4 is 0 Å². The summed E-state index contributed by atoms with van der Waals surface area (Å²) in [5, 5.41) is 0. The van der Waals surface area contributed by atoms with Crippen LogP contribution < -0.4 is 0 Å². The summed E-state index contributed by atoms with van der Waals surface area (Å²) in [5.41, 5.74) is 3.52. The van der Waals surface area contributed by atoms with Crippen LogP contribution in [0.3, 0.4) is 0 Å². The molecule has 18 heavy (non-hydrogen) atoms. The fraction of sp³-hybridized carbons (Fsp3) is 0.0625. The second-order valence-corrected chi connectivity index (χ2v) is 4.33. The van der Waals surface area contributed by atoms with Gasteiger partial charge in [0.25, 0.3) is 0 Å². The highest BCUT2D eigenvalue weighted by molar-refractivity contribution is 5.58. The van der Waals surface area contributed by atoms with Gasteiger partial charge >= 0.3 is 0 Å². The van der Waals surface area contributed by atoms with Gasteiger partial charge in [-0.25, -0.2) is 4.98 Å². The van der Waals surface area contributed by atoms with Crippen molar-refractivity contribution in [3.63, 3.8) is 0 Å². The lowest BCUT2D eigenvalue weighted by Gasteiger charge is -2.08. The second kappa shape index (κ2) is 4.49. The van der Waals surface area contributed by atoms with Gasteiger partial charge < -0.3 is 0 Å². The molecule has 3 rings (SSSR count). The van der Waals surface area contributed by atoms with Gasteiger partial charge in [-0.05, 0) is 24.6 Å². The van der Waals surface area contributed by atoms with Crippen molar-refractivity contribution in [3.05, 3.63) is 72.6 Å². The summed E-state index contributed by atoms with van der Waals surface area (Å²) in [7, 11) is 0. The number of benzene rings is 2. The monoisotopic (exact) mass is 234 g/mol. The van der Waals surface area contributed by atoms with Crippen LogP contribution in [-0.4, -0.2) is 9.55 Å². The number of rotatable bonds is 2. The fourth-order valence-corrected chi connectivity index (χ4v) is 2.09. The second-order valence-electron chi connectivity index (χ2n) is 4.33. The number of hydrogen-bond acceptors (Lipinski definition) is 1. The van der Waals surface area contributed by atoms with E-state index in [2.05, 4.69) is 52.9 Å². The number of nitrogens with zero attached hydrogens (tertiary/aromatic N) is 2. The van der Waals surface area contributed by atoms with Gasteiger partial charge in [-0.2, -0.15) is 0 Å². The standard InChI is InChI=1S/C16H14N2/c1-13-6-5-9-15(12-13)18-11-10-17-16(18)14-7-3-2-4-8-14/h2-12H,1H3. The molecule has 0 spiro atoms. The smallest absolute Gasteiger partial charge is 0.144 e. The van der Waals surface area contributed by atoms with Gasteiger partial charge in [0, 0.05) is 23.6 Å². The lowest BCUT2D eigenvalue weighted by atomic mass is 10.2. The lowest BCUT2D eigenvalue weighted by molar-refractivity contribution is 1.06. The Kier molecular flexibility index (Phi) is 2.69. The molecule has 0 N–H and O–H groups in total. The summed E-state index contributed by atoms with van der Waals surface area (Å²) in [6.07, 6.45) is 3.84. The van der Waals surface area contributed by atoms with Crippen LogP contribution in [0.15, 0.2) is 67.0 Å². The normalized spacial score (nSPS) is 10.5. The first-order valence-electron chi connectivity index (χ1n) is 6.00. The van der Waals surface area contributed by atoms with Crippen molar-refractivity contribution in [2.24, 2.45) is 0 Å². The van der Waals surface area contributed by atoms with Crippen LogP contribution in [0.4, 0.5) is 0 Å². The van der Waals surface area contributed by atoms with E-state index in [1.54, 1.807) is 0 Å². The summed E-state index contributed by atoms with van der Waals surface area (Å²) >= 11 is 0. The number of imidazole rings is 1. The summed E-state index contributed by atoms with van der Waals surface area (Å²) < 4.78 is 2.11. The quantitative estimate of drug-likeness (QED) is 0.658. The van der Waals surface area contributed by atoms with Gasteiger partial charge in [0.05, 0.1) is 0 Å². The minimum absolute atomic E-state index is 0.973. The van der Waals surface area contributed by atoms with Crippen LogP contribution >= 0.6 is 0 Å². The average molecular weight is 234 g/mol. The molecule has 0 aliphatic heterocycles. The highest BCUT2D eigenvalue weighted by Gasteiger charge is 2.06. The van der Waals surface area contributed by atoms with E-state index in [1.807, 2.05) is 30.6 Å². The first kappa shape index (κ1) is 10.8. The molecule has 0 aliphatic rings. The molecule has 0 bridgehead atoms. The molecule has 0 unspecified atom stereocenters. The van der Waals surface area contributed by atoms with Crippen molar-refractivity contribution in [1.82, 2.24) is 9.55 Å². The molecular weight excluding hydrogens is 220 g/mol. The Balaban J connectivity index is 2.13. The van der Waals surface area contributed by atoms with E-state index in [4.69, 9.17) is 0 Å². The summed E-state index contributed by atoms with van der Waals surface area (Å²) in [6, 6.07) is 18.7. The Hall–Kier alpha value is -2.35. The van der Waals surface area contributed by atoms with Crippen molar-refractivity contribution in [2.75, 3.05) is 0 Å². The molecule has 0 radical (unpaired) electrons. The van der Waals surface area contributed by atoms with Gasteiger partial charge in [0.2, 0.25) is 0 Å². The van der Waals surface area contributed by atoms with Crippen molar-refractivity contribution in [1.29, 1.82) is 0 Å². The fourth-order valence-electron chi connectivity index (χ4n) is 2.09. The molecule has 1 aromatic heterocycles. The van der Waals surface area contributed by atoms with Crippen LogP contribution in [0.25, 0.3) is 17.1 Å². The van der Waals surface area contributed by atoms with Crippen molar-refractivity contribution in [3.8, 4) is 17.1 Å². The zero-order valence-electron chi connectivity index (χ0n) is 10.2. The Bertz CT molecular complexity index is 654. The van der Waals surface area contributed by atoms with E-state index < -0.39 is 0 Å². The zero-order chi connectivity index (χ0) is 12.4. The van der Waals surface area contributed by atoms with Crippen LogP contribution in [0.5, 0.6) is 0 Å². The summed E-state index contributed by atoms with van der Waals surface area (Å²) in [5.74, 6) is 0.973. The third-order valence-electron chi connectivity index (χ3n) is 2.95. The minimum Gasteiger partial charge on any atom is -0.300 e. The Morgan fingerprint density at radius 1 is 0.944 bits per heavy atom. The highest BCUT2D eigenvalue weighted by Crippen LogP contribution is 2.21. The Labute approximate surface area is 107 Å². The van der Waals surface area contributed by atoms with Gasteiger partial charge in [0.15, 0.2) is 0 Å². The maximum absolute atomic E-state index is 4.46. The van der Waals surface area contributed by atoms with E-state index in [0.29, 0.717) is 0 Å². The molecule has 0 saturated heterocycles. The molecule has 2 aromatic carbocycles. The molecule has 0 fully saturated rings. The highest BCUT2D eigenvalue weighted by atomic mass is 15.1. The van der Waals surface area contributed by atoms with E-state index >= 15 is 0 Å². The molecule has 2 nitrogen and oxygen atoms in total. The predicted molar refractivity (Wildman–Crippen MR) is 73.7 cm³/mol. The largest absolute Gasteiger partial charge is 0.300 e.